The summed E-state index contributed by atoms with van der Waals surface area (Å²) < 4.78 is 0. The number of hydrogen-bond donors (Lipinski definition) is 1. The minimum absolute atomic E-state index is 0.666. The molecule has 1 rings (SSSR count). The van der Waals surface area contributed by atoms with Gasteiger partial charge in [-0.2, -0.15) is 0 Å². The molecular weight excluding hydrogens is 164 g/mol. The highest BCUT2D eigenvalue weighted by molar-refractivity contribution is 5.45. The molecule has 1 amide bonds. The van der Waals surface area contributed by atoms with E-state index in [1.807, 2.05) is 13.8 Å². The SMILES string of the molecule is CC.CN1CCCC(CNC=O)C1. The Hall–Kier alpha value is -0.570. The smallest absolute Gasteiger partial charge is 0.207 e. The summed E-state index contributed by atoms with van der Waals surface area (Å²) in [6.45, 7) is 7.17. The van der Waals surface area contributed by atoms with Crippen LogP contribution in [0.5, 0.6) is 0 Å². The van der Waals surface area contributed by atoms with Gasteiger partial charge >= 0.3 is 0 Å². The monoisotopic (exact) mass is 186 g/mol. The average molecular weight is 186 g/mol. The number of amides is 1. The third kappa shape index (κ3) is 5.64. The number of nitrogens with one attached hydrogen (secondary N) is 1. The Morgan fingerprint density at radius 3 is 2.77 bits per heavy atom. The van der Waals surface area contributed by atoms with Gasteiger partial charge in [-0.1, -0.05) is 13.8 Å². The van der Waals surface area contributed by atoms with Crippen molar-refractivity contribution in [3.63, 3.8) is 0 Å². The number of likely N-dealkylation sites (tertiary alicyclic amines) is 1. The van der Waals surface area contributed by atoms with Gasteiger partial charge in [-0.25, -0.2) is 0 Å². The fourth-order valence-corrected chi connectivity index (χ4v) is 1.65. The second kappa shape index (κ2) is 8.05. The summed E-state index contributed by atoms with van der Waals surface area (Å²) in [6.07, 6.45) is 3.31. The summed E-state index contributed by atoms with van der Waals surface area (Å²) in [6, 6.07) is 0. The zero-order chi connectivity index (χ0) is 10.1. The lowest BCUT2D eigenvalue weighted by Gasteiger charge is -2.29. The Balaban J connectivity index is 0.000000671. The number of piperidine rings is 1. The molecule has 0 aromatic carbocycles. The molecule has 0 aromatic rings. The van der Waals surface area contributed by atoms with Crippen LogP contribution in [0, 0.1) is 5.92 Å². The van der Waals surface area contributed by atoms with E-state index in [-0.39, 0.29) is 0 Å². The molecule has 1 aliphatic heterocycles. The zero-order valence-corrected chi connectivity index (χ0v) is 9.05. The highest BCUT2D eigenvalue weighted by atomic mass is 16.1. The first-order valence-corrected chi connectivity index (χ1v) is 5.18. The van der Waals surface area contributed by atoms with E-state index >= 15 is 0 Å². The Bertz CT molecular complexity index is 128. The fraction of sp³-hybridized carbons (Fsp3) is 0.900. The lowest BCUT2D eigenvalue weighted by molar-refractivity contribution is -0.109. The van der Waals surface area contributed by atoms with Gasteiger partial charge < -0.3 is 10.2 Å². The van der Waals surface area contributed by atoms with Crippen molar-refractivity contribution in [3.05, 3.63) is 0 Å². The van der Waals surface area contributed by atoms with E-state index in [1.54, 1.807) is 0 Å². The van der Waals surface area contributed by atoms with Crippen LogP contribution in [0.2, 0.25) is 0 Å². The van der Waals surface area contributed by atoms with Crippen LogP contribution < -0.4 is 5.32 Å². The van der Waals surface area contributed by atoms with Gasteiger partial charge in [0.2, 0.25) is 6.41 Å². The summed E-state index contributed by atoms with van der Waals surface area (Å²) in [7, 11) is 2.13. The van der Waals surface area contributed by atoms with E-state index in [1.165, 1.54) is 19.4 Å². The van der Waals surface area contributed by atoms with Gasteiger partial charge in [-0.3, -0.25) is 4.79 Å². The lowest BCUT2D eigenvalue weighted by Crippen LogP contribution is -2.36. The predicted molar refractivity (Wildman–Crippen MR) is 55.6 cm³/mol. The maximum Gasteiger partial charge on any atom is 0.207 e. The van der Waals surface area contributed by atoms with Gasteiger partial charge in [0.05, 0.1) is 0 Å². The van der Waals surface area contributed by atoms with E-state index in [0.29, 0.717) is 5.92 Å². The van der Waals surface area contributed by atoms with E-state index < -0.39 is 0 Å². The van der Waals surface area contributed by atoms with Crippen LogP contribution in [0.25, 0.3) is 0 Å². The van der Waals surface area contributed by atoms with Crippen LogP contribution >= 0.6 is 0 Å². The summed E-state index contributed by atoms with van der Waals surface area (Å²) in [5.41, 5.74) is 0. The second-order valence-corrected chi connectivity index (χ2v) is 3.30. The highest BCUT2D eigenvalue weighted by Gasteiger charge is 2.15. The molecule has 0 aromatic heterocycles. The third-order valence-electron chi connectivity index (χ3n) is 2.21. The lowest BCUT2D eigenvalue weighted by atomic mass is 9.99. The summed E-state index contributed by atoms with van der Waals surface area (Å²) >= 11 is 0. The predicted octanol–water partition coefficient (Wildman–Crippen LogP) is 1.10. The van der Waals surface area contributed by atoms with Crippen LogP contribution in [-0.4, -0.2) is 38.0 Å². The number of rotatable bonds is 3. The number of nitrogens with zero attached hydrogens (tertiary/aromatic N) is 1. The van der Waals surface area contributed by atoms with Gasteiger partial charge in [0, 0.05) is 13.1 Å². The Morgan fingerprint density at radius 2 is 2.23 bits per heavy atom. The molecule has 0 bridgehead atoms. The molecule has 1 heterocycles. The molecule has 0 aliphatic carbocycles. The minimum Gasteiger partial charge on any atom is -0.358 e. The fourth-order valence-electron chi connectivity index (χ4n) is 1.65. The van der Waals surface area contributed by atoms with Crippen LogP contribution in [0.3, 0.4) is 0 Å². The zero-order valence-electron chi connectivity index (χ0n) is 9.05. The number of hydrogen-bond acceptors (Lipinski definition) is 2. The molecule has 1 N–H and O–H groups in total. The van der Waals surface area contributed by atoms with Crippen molar-refractivity contribution in [2.24, 2.45) is 5.92 Å². The van der Waals surface area contributed by atoms with Crippen molar-refractivity contribution in [1.82, 2.24) is 10.2 Å². The van der Waals surface area contributed by atoms with Crippen molar-refractivity contribution in [2.75, 3.05) is 26.7 Å². The maximum atomic E-state index is 10.0. The Labute approximate surface area is 81.5 Å². The highest BCUT2D eigenvalue weighted by Crippen LogP contribution is 2.13. The van der Waals surface area contributed by atoms with E-state index in [0.717, 1.165) is 19.5 Å². The molecular formula is C10H22N2O. The average Bonchev–Trinajstić information content (AvgIpc) is 2.18. The summed E-state index contributed by atoms with van der Waals surface area (Å²) in [5, 5.41) is 2.73. The van der Waals surface area contributed by atoms with Crippen molar-refractivity contribution in [2.45, 2.75) is 26.7 Å². The molecule has 1 saturated heterocycles. The topological polar surface area (TPSA) is 32.3 Å². The molecule has 1 unspecified atom stereocenters. The van der Waals surface area contributed by atoms with Crippen molar-refractivity contribution < 1.29 is 4.79 Å². The summed E-state index contributed by atoms with van der Waals surface area (Å²) in [4.78, 5) is 12.3. The molecule has 1 atom stereocenters. The minimum atomic E-state index is 0.666. The molecule has 0 spiro atoms. The molecule has 1 fully saturated rings. The first kappa shape index (κ1) is 12.4. The molecule has 1 aliphatic rings. The van der Waals surface area contributed by atoms with Crippen molar-refractivity contribution >= 4 is 6.41 Å². The van der Waals surface area contributed by atoms with Crippen LogP contribution in [0.4, 0.5) is 0 Å². The van der Waals surface area contributed by atoms with Crippen LogP contribution in [0.15, 0.2) is 0 Å². The third-order valence-corrected chi connectivity index (χ3v) is 2.21. The largest absolute Gasteiger partial charge is 0.358 e. The Kier molecular flexibility index (Phi) is 7.69. The molecule has 0 radical (unpaired) electrons. The first-order chi connectivity index (χ1) is 6.33. The van der Waals surface area contributed by atoms with Gasteiger partial charge in [0.15, 0.2) is 0 Å². The van der Waals surface area contributed by atoms with Crippen LogP contribution in [0.1, 0.15) is 26.7 Å². The van der Waals surface area contributed by atoms with Gasteiger partial charge in [0.25, 0.3) is 0 Å². The van der Waals surface area contributed by atoms with Crippen molar-refractivity contribution in [3.8, 4) is 0 Å². The number of carbonyl (C=O) groups is 1. The standard InChI is InChI=1S/C8H16N2O.C2H6/c1-10-4-2-3-8(6-10)5-9-7-11;1-2/h7-8H,2-6H2,1H3,(H,9,11);1-2H3. The normalized spacial score (nSPS) is 22.8. The molecule has 3 heteroatoms. The van der Waals surface area contributed by atoms with Gasteiger partial charge in [-0.15, -0.1) is 0 Å². The van der Waals surface area contributed by atoms with E-state index in [4.69, 9.17) is 0 Å². The number of carbonyl (C=O) groups excluding carboxylic acids is 1. The van der Waals surface area contributed by atoms with Crippen LogP contribution in [-0.2, 0) is 4.79 Å². The van der Waals surface area contributed by atoms with E-state index in [9.17, 15) is 4.79 Å². The van der Waals surface area contributed by atoms with Gasteiger partial charge in [-0.05, 0) is 32.4 Å². The molecule has 13 heavy (non-hydrogen) atoms. The second-order valence-electron chi connectivity index (χ2n) is 3.30. The first-order valence-electron chi connectivity index (χ1n) is 5.18. The van der Waals surface area contributed by atoms with E-state index in [2.05, 4.69) is 17.3 Å². The Morgan fingerprint density at radius 1 is 1.54 bits per heavy atom. The molecule has 3 nitrogen and oxygen atoms in total. The molecule has 78 valence electrons. The van der Waals surface area contributed by atoms with Crippen molar-refractivity contribution in [1.29, 1.82) is 0 Å². The van der Waals surface area contributed by atoms with Gasteiger partial charge in [0.1, 0.15) is 0 Å². The summed E-state index contributed by atoms with van der Waals surface area (Å²) in [5.74, 6) is 0.666. The quantitative estimate of drug-likeness (QED) is 0.669. The molecule has 0 saturated carbocycles. The maximum absolute atomic E-state index is 10.0.